The highest BCUT2D eigenvalue weighted by Gasteiger charge is 2.24. The molecule has 7 heteroatoms. The Morgan fingerprint density at radius 3 is 2.45 bits per heavy atom. The SMILES string of the molecule is CNC(=O)CN1CCN(C(=O)c2cc(Br)cn2C)CC1. The molecule has 20 heavy (non-hydrogen) atoms. The van der Waals surface area contributed by atoms with Crippen LogP contribution in [0.15, 0.2) is 16.7 Å². The summed E-state index contributed by atoms with van der Waals surface area (Å²) < 4.78 is 2.73. The molecule has 1 aromatic rings. The number of piperazine rings is 1. The van der Waals surface area contributed by atoms with E-state index in [1.165, 1.54) is 0 Å². The molecule has 0 radical (unpaired) electrons. The van der Waals surface area contributed by atoms with E-state index >= 15 is 0 Å². The second kappa shape index (κ2) is 6.41. The summed E-state index contributed by atoms with van der Waals surface area (Å²) in [6.07, 6.45) is 1.87. The number of hydrogen-bond acceptors (Lipinski definition) is 3. The largest absolute Gasteiger partial charge is 0.358 e. The van der Waals surface area contributed by atoms with Crippen LogP contribution >= 0.6 is 15.9 Å². The first-order valence-electron chi connectivity index (χ1n) is 6.55. The summed E-state index contributed by atoms with van der Waals surface area (Å²) in [6, 6.07) is 1.83. The Balaban J connectivity index is 1.92. The van der Waals surface area contributed by atoms with Crippen molar-refractivity contribution in [3.05, 3.63) is 22.4 Å². The maximum atomic E-state index is 12.4. The zero-order valence-corrected chi connectivity index (χ0v) is 13.3. The fourth-order valence-corrected chi connectivity index (χ4v) is 2.81. The third-order valence-electron chi connectivity index (χ3n) is 3.50. The molecule has 1 N–H and O–H groups in total. The molecule has 0 atom stereocenters. The van der Waals surface area contributed by atoms with Crippen molar-refractivity contribution in [3.63, 3.8) is 0 Å². The molecule has 2 amide bonds. The lowest BCUT2D eigenvalue weighted by atomic mass is 10.2. The summed E-state index contributed by atoms with van der Waals surface area (Å²) in [4.78, 5) is 27.6. The minimum atomic E-state index is 0.0103. The summed E-state index contributed by atoms with van der Waals surface area (Å²) in [5.74, 6) is 0.0499. The normalized spacial score (nSPS) is 16.2. The smallest absolute Gasteiger partial charge is 0.270 e. The van der Waals surface area contributed by atoms with Gasteiger partial charge in [0.25, 0.3) is 5.91 Å². The molecule has 0 spiro atoms. The fourth-order valence-electron chi connectivity index (χ4n) is 2.29. The van der Waals surface area contributed by atoms with Gasteiger partial charge < -0.3 is 14.8 Å². The highest BCUT2D eigenvalue weighted by atomic mass is 79.9. The van der Waals surface area contributed by atoms with E-state index in [9.17, 15) is 9.59 Å². The Bertz CT molecular complexity index is 506. The van der Waals surface area contributed by atoms with Crippen molar-refractivity contribution < 1.29 is 9.59 Å². The molecule has 0 unspecified atom stereocenters. The Morgan fingerprint density at radius 1 is 1.30 bits per heavy atom. The number of rotatable bonds is 3. The first-order valence-corrected chi connectivity index (χ1v) is 7.34. The highest BCUT2D eigenvalue weighted by molar-refractivity contribution is 9.10. The van der Waals surface area contributed by atoms with Crippen LogP contribution in [0, 0.1) is 0 Å². The quantitative estimate of drug-likeness (QED) is 0.859. The van der Waals surface area contributed by atoms with Gasteiger partial charge in [0, 0.05) is 50.9 Å². The monoisotopic (exact) mass is 342 g/mol. The summed E-state index contributed by atoms with van der Waals surface area (Å²) >= 11 is 3.38. The van der Waals surface area contributed by atoms with Crippen LogP contribution in [0.25, 0.3) is 0 Å². The molecule has 1 fully saturated rings. The van der Waals surface area contributed by atoms with E-state index in [1.54, 1.807) is 7.05 Å². The Morgan fingerprint density at radius 2 is 1.95 bits per heavy atom. The molecule has 0 aromatic carbocycles. The van der Waals surface area contributed by atoms with Crippen LogP contribution in [-0.4, -0.2) is 66.0 Å². The number of halogens is 1. The van der Waals surface area contributed by atoms with Crippen molar-refractivity contribution in [3.8, 4) is 0 Å². The zero-order chi connectivity index (χ0) is 14.7. The standard InChI is InChI=1S/C13H19BrN4O2/c1-15-12(19)9-17-3-5-18(6-4-17)13(20)11-7-10(14)8-16(11)2/h7-8H,3-6,9H2,1-2H3,(H,15,19). The molecule has 1 aromatic heterocycles. The molecule has 110 valence electrons. The molecular formula is C13H19BrN4O2. The molecule has 0 bridgehead atoms. The van der Waals surface area contributed by atoms with E-state index in [1.807, 2.05) is 28.8 Å². The predicted octanol–water partition coefficient (Wildman–Crippen LogP) is 0.291. The number of aromatic nitrogens is 1. The maximum absolute atomic E-state index is 12.4. The summed E-state index contributed by atoms with van der Waals surface area (Å²) in [5, 5.41) is 2.61. The van der Waals surface area contributed by atoms with Gasteiger partial charge in [-0.3, -0.25) is 14.5 Å². The second-order valence-electron chi connectivity index (χ2n) is 4.90. The van der Waals surface area contributed by atoms with E-state index in [-0.39, 0.29) is 11.8 Å². The predicted molar refractivity (Wildman–Crippen MR) is 79.5 cm³/mol. The third-order valence-corrected chi connectivity index (χ3v) is 3.93. The first kappa shape index (κ1) is 15.1. The minimum Gasteiger partial charge on any atom is -0.358 e. The summed E-state index contributed by atoms with van der Waals surface area (Å²) in [6.45, 7) is 3.15. The molecule has 0 aliphatic carbocycles. The van der Waals surface area contributed by atoms with Gasteiger partial charge in [0.15, 0.2) is 0 Å². The van der Waals surface area contributed by atoms with Gasteiger partial charge in [-0.25, -0.2) is 0 Å². The summed E-state index contributed by atoms with van der Waals surface area (Å²) in [7, 11) is 3.50. The maximum Gasteiger partial charge on any atom is 0.270 e. The van der Waals surface area contributed by atoms with Crippen molar-refractivity contribution >= 4 is 27.7 Å². The average molecular weight is 343 g/mol. The third kappa shape index (κ3) is 3.40. The fraction of sp³-hybridized carbons (Fsp3) is 0.538. The van der Waals surface area contributed by atoms with Crippen LogP contribution in [0.3, 0.4) is 0 Å². The van der Waals surface area contributed by atoms with E-state index in [0.29, 0.717) is 25.3 Å². The number of likely N-dealkylation sites (N-methyl/N-ethyl adjacent to an activating group) is 1. The van der Waals surface area contributed by atoms with Gasteiger partial charge >= 0.3 is 0 Å². The zero-order valence-electron chi connectivity index (χ0n) is 11.7. The molecule has 1 saturated heterocycles. The van der Waals surface area contributed by atoms with Crippen molar-refractivity contribution in [2.75, 3.05) is 39.8 Å². The van der Waals surface area contributed by atoms with E-state index in [2.05, 4.69) is 26.1 Å². The lowest BCUT2D eigenvalue weighted by molar-refractivity contribution is -0.122. The van der Waals surface area contributed by atoms with Gasteiger partial charge in [0.1, 0.15) is 5.69 Å². The van der Waals surface area contributed by atoms with Gasteiger partial charge in [-0.15, -0.1) is 0 Å². The summed E-state index contributed by atoms with van der Waals surface area (Å²) in [5.41, 5.74) is 0.677. The number of aryl methyl sites for hydroxylation is 1. The number of nitrogens with zero attached hydrogens (tertiary/aromatic N) is 3. The van der Waals surface area contributed by atoms with Crippen LogP contribution in [-0.2, 0) is 11.8 Å². The Hall–Kier alpha value is -1.34. The van der Waals surface area contributed by atoms with E-state index < -0.39 is 0 Å². The molecule has 0 saturated carbocycles. The Labute approximate surface area is 126 Å². The second-order valence-corrected chi connectivity index (χ2v) is 5.81. The van der Waals surface area contributed by atoms with E-state index in [0.717, 1.165) is 17.6 Å². The van der Waals surface area contributed by atoms with Crippen LogP contribution in [0.2, 0.25) is 0 Å². The first-order chi connectivity index (χ1) is 9.51. The van der Waals surface area contributed by atoms with Crippen LogP contribution in [0.1, 0.15) is 10.5 Å². The topological polar surface area (TPSA) is 57.6 Å². The average Bonchev–Trinajstić information content (AvgIpc) is 2.77. The minimum absolute atomic E-state index is 0.0103. The van der Waals surface area contributed by atoms with Crippen LogP contribution in [0.5, 0.6) is 0 Å². The number of carbonyl (C=O) groups is 2. The Kier molecular flexibility index (Phi) is 4.82. The number of carbonyl (C=O) groups excluding carboxylic acids is 2. The lowest BCUT2D eigenvalue weighted by Gasteiger charge is -2.34. The number of hydrogen-bond donors (Lipinski definition) is 1. The number of nitrogens with one attached hydrogen (secondary N) is 1. The number of amides is 2. The molecular weight excluding hydrogens is 324 g/mol. The van der Waals surface area contributed by atoms with E-state index in [4.69, 9.17) is 0 Å². The molecule has 6 nitrogen and oxygen atoms in total. The van der Waals surface area contributed by atoms with Gasteiger partial charge in [-0.05, 0) is 22.0 Å². The van der Waals surface area contributed by atoms with Crippen LogP contribution < -0.4 is 5.32 Å². The highest BCUT2D eigenvalue weighted by Crippen LogP contribution is 2.16. The molecule has 2 rings (SSSR count). The van der Waals surface area contributed by atoms with Crippen molar-refractivity contribution in [1.82, 2.24) is 19.7 Å². The van der Waals surface area contributed by atoms with Gasteiger partial charge in [-0.2, -0.15) is 0 Å². The molecule has 1 aliphatic rings. The van der Waals surface area contributed by atoms with Crippen molar-refractivity contribution in [1.29, 1.82) is 0 Å². The van der Waals surface area contributed by atoms with Crippen LogP contribution in [0.4, 0.5) is 0 Å². The molecule has 2 heterocycles. The lowest BCUT2D eigenvalue weighted by Crippen LogP contribution is -2.51. The molecule has 1 aliphatic heterocycles. The van der Waals surface area contributed by atoms with Gasteiger partial charge in [0.05, 0.1) is 6.54 Å². The van der Waals surface area contributed by atoms with Gasteiger partial charge in [0.2, 0.25) is 5.91 Å². The van der Waals surface area contributed by atoms with Gasteiger partial charge in [-0.1, -0.05) is 0 Å². The van der Waals surface area contributed by atoms with Crippen molar-refractivity contribution in [2.24, 2.45) is 7.05 Å². The van der Waals surface area contributed by atoms with Crippen molar-refractivity contribution in [2.45, 2.75) is 0 Å².